The molecule has 11 nitrogen and oxygen atoms in total. The van der Waals surface area contributed by atoms with E-state index >= 15 is 0 Å². The molecule has 0 unspecified atom stereocenters. The zero-order valence-corrected chi connectivity index (χ0v) is 25.5. The van der Waals surface area contributed by atoms with Crippen molar-refractivity contribution in [3.63, 3.8) is 0 Å². The molecule has 0 spiro atoms. The van der Waals surface area contributed by atoms with Gasteiger partial charge in [0, 0.05) is 38.1 Å². The van der Waals surface area contributed by atoms with Crippen molar-refractivity contribution in [2.45, 2.75) is 85.4 Å². The fourth-order valence-electron chi connectivity index (χ4n) is 5.11. The molecule has 41 heavy (non-hydrogen) atoms. The molecule has 0 bridgehead atoms. The predicted molar refractivity (Wildman–Crippen MR) is 152 cm³/mol. The summed E-state index contributed by atoms with van der Waals surface area (Å²) < 4.78 is 16.0. The van der Waals surface area contributed by atoms with Gasteiger partial charge in [0.25, 0.3) is 5.91 Å². The van der Waals surface area contributed by atoms with Crippen molar-refractivity contribution in [3.05, 3.63) is 17.5 Å². The minimum atomic E-state index is -0.812. The number of hydrogen-bond acceptors (Lipinski definition) is 9. The molecule has 2 aliphatic rings. The number of ether oxygens (including phenoxy) is 2. The Bertz CT molecular complexity index is 1040. The second-order valence-corrected chi connectivity index (χ2v) is 12.7. The van der Waals surface area contributed by atoms with Gasteiger partial charge < -0.3 is 24.6 Å². The zero-order chi connectivity index (χ0) is 30.2. The van der Waals surface area contributed by atoms with E-state index in [1.165, 1.54) is 7.11 Å². The average molecular weight is 577 g/mol. The van der Waals surface area contributed by atoms with Crippen LogP contribution < -0.4 is 10.6 Å². The van der Waals surface area contributed by atoms with Crippen molar-refractivity contribution < 1.29 is 33.2 Å². The third-order valence-electron chi connectivity index (χ3n) is 7.80. The first-order valence-electron chi connectivity index (χ1n) is 14.8. The summed E-state index contributed by atoms with van der Waals surface area (Å²) in [5.41, 5.74) is -0.278. The summed E-state index contributed by atoms with van der Waals surface area (Å²) in [6.45, 7) is 13.3. The van der Waals surface area contributed by atoms with Crippen LogP contribution in [0.25, 0.3) is 0 Å². The van der Waals surface area contributed by atoms with Crippen LogP contribution in [0.3, 0.4) is 0 Å². The molecule has 1 aromatic heterocycles. The molecule has 1 saturated heterocycles. The van der Waals surface area contributed by atoms with Crippen LogP contribution in [0.15, 0.2) is 10.6 Å². The number of nitrogens with zero attached hydrogens (tertiary/aromatic N) is 2. The molecule has 0 aromatic carbocycles. The largest absolute Gasteiger partial charge is 0.384 e. The second kappa shape index (κ2) is 15.0. The highest BCUT2D eigenvalue weighted by Crippen LogP contribution is 2.47. The van der Waals surface area contributed by atoms with Crippen molar-refractivity contribution >= 4 is 23.4 Å². The number of hydrogen-bond donors (Lipinski definition) is 2. The number of nitrogens with one attached hydrogen (secondary N) is 2. The maximum atomic E-state index is 13.5. The highest BCUT2D eigenvalue weighted by atomic mass is 16.5. The van der Waals surface area contributed by atoms with E-state index < -0.39 is 23.9 Å². The van der Waals surface area contributed by atoms with Crippen LogP contribution >= 0.6 is 0 Å². The monoisotopic (exact) mass is 576 g/mol. The first kappa shape index (κ1) is 32.9. The van der Waals surface area contributed by atoms with Crippen LogP contribution in [0.1, 0.15) is 83.0 Å². The first-order chi connectivity index (χ1) is 19.4. The molecule has 3 rings (SSSR count). The third kappa shape index (κ3) is 10.0. The second-order valence-electron chi connectivity index (χ2n) is 12.7. The molecule has 1 aliphatic heterocycles. The fourth-order valence-corrected chi connectivity index (χ4v) is 5.11. The van der Waals surface area contributed by atoms with Crippen LogP contribution in [0.4, 0.5) is 0 Å². The Labute approximate surface area is 243 Å². The fraction of sp³-hybridized carbons (Fsp3) is 0.767. The van der Waals surface area contributed by atoms with Crippen LogP contribution in [0.5, 0.6) is 0 Å². The van der Waals surface area contributed by atoms with Crippen molar-refractivity contribution in [2.75, 3.05) is 40.0 Å². The van der Waals surface area contributed by atoms with Crippen molar-refractivity contribution in [3.8, 4) is 0 Å². The minimum absolute atomic E-state index is 0.0218. The number of ketones is 2. The number of aromatic nitrogens is 1. The van der Waals surface area contributed by atoms with Crippen LogP contribution in [-0.2, 0) is 30.4 Å². The Kier molecular flexibility index (Phi) is 12.0. The Morgan fingerprint density at radius 3 is 2.24 bits per heavy atom. The van der Waals surface area contributed by atoms with Crippen LogP contribution in [0.2, 0.25) is 0 Å². The lowest BCUT2D eigenvalue weighted by Gasteiger charge is -2.26. The topological polar surface area (TPSA) is 140 Å². The van der Waals surface area contributed by atoms with E-state index in [1.807, 2.05) is 34.6 Å². The van der Waals surface area contributed by atoms with E-state index in [4.69, 9.17) is 14.0 Å². The Morgan fingerprint density at radius 1 is 1.02 bits per heavy atom. The van der Waals surface area contributed by atoms with Gasteiger partial charge in [-0.3, -0.25) is 24.1 Å². The molecular formula is C30H48N4O7. The standard InChI is InChI=1S/C30H48N4O7/c1-19(2)13-23(31-29(38)25-16-22(41-33-25)17-34-9-11-40-12-10-34)26(35)15-21(18-39-6)28(37)32-24(14-20(3)4)27(36)30(5)7-8-30/h16,19-21,23-24H,7-15,17-18H2,1-6H3,(H,31,38)(H,32,37)/t21-,23-,24-/m0/s1. The first-order valence-corrected chi connectivity index (χ1v) is 14.8. The number of rotatable bonds is 17. The highest BCUT2D eigenvalue weighted by Gasteiger charge is 2.48. The summed E-state index contributed by atoms with van der Waals surface area (Å²) in [6, 6.07) is 0.178. The maximum Gasteiger partial charge on any atom is 0.274 e. The Balaban J connectivity index is 1.65. The normalized spacial score (nSPS) is 19.0. The van der Waals surface area contributed by atoms with E-state index in [9.17, 15) is 19.2 Å². The number of carbonyl (C=O) groups is 4. The summed E-state index contributed by atoms with van der Waals surface area (Å²) in [7, 11) is 1.47. The average Bonchev–Trinajstić information content (AvgIpc) is 3.49. The van der Waals surface area contributed by atoms with Gasteiger partial charge in [0.05, 0.1) is 44.4 Å². The van der Waals surface area contributed by atoms with Crippen molar-refractivity contribution in [2.24, 2.45) is 23.2 Å². The van der Waals surface area contributed by atoms with Gasteiger partial charge in [-0.2, -0.15) is 0 Å². The van der Waals surface area contributed by atoms with Gasteiger partial charge in [-0.15, -0.1) is 0 Å². The van der Waals surface area contributed by atoms with Crippen molar-refractivity contribution in [1.82, 2.24) is 20.7 Å². The van der Waals surface area contributed by atoms with Gasteiger partial charge in [0.2, 0.25) is 5.91 Å². The van der Waals surface area contributed by atoms with Gasteiger partial charge in [0.1, 0.15) is 0 Å². The summed E-state index contributed by atoms with van der Waals surface area (Å²) in [4.78, 5) is 55.2. The van der Waals surface area contributed by atoms with Crippen LogP contribution in [0, 0.1) is 23.2 Å². The lowest BCUT2D eigenvalue weighted by molar-refractivity contribution is -0.135. The van der Waals surface area contributed by atoms with E-state index in [1.54, 1.807) is 6.07 Å². The molecule has 3 atom stereocenters. The van der Waals surface area contributed by atoms with E-state index in [-0.39, 0.29) is 53.4 Å². The van der Waals surface area contributed by atoms with E-state index in [0.29, 0.717) is 38.4 Å². The number of carbonyl (C=O) groups excluding carboxylic acids is 4. The molecular weight excluding hydrogens is 528 g/mol. The molecule has 11 heteroatoms. The van der Waals surface area contributed by atoms with Crippen LogP contribution in [-0.4, -0.2) is 85.5 Å². The highest BCUT2D eigenvalue weighted by molar-refractivity contribution is 5.98. The number of Topliss-reactive ketones (excluding diaryl/α,β-unsaturated/α-hetero) is 2. The maximum absolute atomic E-state index is 13.5. The lowest BCUT2D eigenvalue weighted by atomic mass is 9.89. The zero-order valence-electron chi connectivity index (χ0n) is 25.5. The number of methoxy groups -OCH3 is 1. The summed E-state index contributed by atoms with van der Waals surface area (Å²) in [5.74, 6) is -1.02. The summed E-state index contributed by atoms with van der Waals surface area (Å²) in [6.07, 6.45) is 2.46. The molecule has 2 amide bonds. The summed E-state index contributed by atoms with van der Waals surface area (Å²) in [5, 5.41) is 9.65. The van der Waals surface area contributed by atoms with E-state index in [0.717, 1.165) is 25.9 Å². The van der Waals surface area contributed by atoms with Gasteiger partial charge in [-0.05, 0) is 37.5 Å². The lowest BCUT2D eigenvalue weighted by Crippen LogP contribution is -2.49. The molecule has 0 radical (unpaired) electrons. The van der Waals surface area contributed by atoms with Gasteiger partial charge >= 0.3 is 0 Å². The quantitative estimate of drug-likeness (QED) is 0.286. The van der Waals surface area contributed by atoms with Crippen molar-refractivity contribution in [1.29, 1.82) is 0 Å². The predicted octanol–water partition coefficient (Wildman–Crippen LogP) is 2.77. The van der Waals surface area contributed by atoms with Gasteiger partial charge in [-0.25, -0.2) is 0 Å². The Morgan fingerprint density at radius 2 is 1.66 bits per heavy atom. The smallest absolute Gasteiger partial charge is 0.274 e. The molecule has 230 valence electrons. The van der Waals surface area contributed by atoms with Gasteiger partial charge in [0.15, 0.2) is 23.0 Å². The molecule has 2 fully saturated rings. The summed E-state index contributed by atoms with van der Waals surface area (Å²) >= 11 is 0. The minimum Gasteiger partial charge on any atom is -0.384 e. The Hall–Kier alpha value is -2.63. The molecule has 1 aliphatic carbocycles. The third-order valence-corrected chi connectivity index (χ3v) is 7.80. The van der Waals surface area contributed by atoms with E-state index in [2.05, 4.69) is 20.7 Å². The van der Waals surface area contributed by atoms with Gasteiger partial charge in [-0.1, -0.05) is 39.8 Å². The number of morpholine rings is 1. The molecule has 2 heterocycles. The molecule has 2 N–H and O–H groups in total. The number of amides is 2. The SMILES string of the molecule is COC[C@H](CC(=O)[C@H](CC(C)C)NC(=O)c1cc(CN2CCOCC2)on1)C(=O)N[C@@H](CC(C)C)C(=O)C1(C)CC1. The molecule has 1 aromatic rings. The molecule has 1 saturated carbocycles.